The number of nitrogens with zero attached hydrogens (tertiary/aromatic N) is 1. The lowest BCUT2D eigenvalue weighted by atomic mass is 10.1. The first-order chi connectivity index (χ1) is 14.2. The van der Waals surface area contributed by atoms with Crippen molar-refractivity contribution in [2.24, 2.45) is 0 Å². The van der Waals surface area contributed by atoms with Gasteiger partial charge in [0.25, 0.3) is 0 Å². The Morgan fingerprint density at radius 2 is 1.34 bits per heavy atom. The zero-order valence-electron chi connectivity index (χ0n) is 19.9. The number of quaternary nitrogens is 1. The molecular formula is C26H51N2O+. The van der Waals surface area contributed by atoms with E-state index in [2.05, 4.69) is 37.5 Å². The van der Waals surface area contributed by atoms with Crippen LogP contribution in [0.5, 0.6) is 0 Å². The van der Waals surface area contributed by atoms with E-state index >= 15 is 0 Å². The van der Waals surface area contributed by atoms with Crippen LogP contribution in [-0.2, 0) is 0 Å². The van der Waals surface area contributed by atoms with Crippen LogP contribution in [0.3, 0.4) is 0 Å². The highest BCUT2D eigenvalue weighted by atomic mass is 16.3. The maximum Gasteiger partial charge on any atom is 0.193 e. The highest BCUT2D eigenvalue weighted by Gasteiger charge is 2.40. The van der Waals surface area contributed by atoms with Crippen molar-refractivity contribution in [1.82, 2.24) is 5.32 Å². The summed E-state index contributed by atoms with van der Waals surface area (Å²) in [6, 6.07) is 0. The SMILES string of the molecule is CCCCCCCC/C=C/CCCCCCCCCC1NC=C[N+]1(CC)C(C)O. The van der Waals surface area contributed by atoms with Crippen LogP contribution in [0.2, 0.25) is 0 Å². The molecule has 0 aromatic heterocycles. The topological polar surface area (TPSA) is 32.3 Å². The first-order valence-corrected chi connectivity index (χ1v) is 12.8. The molecular weight excluding hydrogens is 356 g/mol. The summed E-state index contributed by atoms with van der Waals surface area (Å²) < 4.78 is 0.673. The highest BCUT2D eigenvalue weighted by Crippen LogP contribution is 2.25. The van der Waals surface area contributed by atoms with Crippen molar-refractivity contribution in [3.05, 3.63) is 24.6 Å². The molecule has 0 fully saturated rings. The van der Waals surface area contributed by atoms with Gasteiger partial charge in [-0.15, -0.1) is 0 Å². The fraction of sp³-hybridized carbons (Fsp3) is 0.846. The van der Waals surface area contributed by atoms with Gasteiger partial charge in [-0.25, -0.2) is 0 Å². The molecule has 0 amide bonds. The molecule has 1 aliphatic rings. The van der Waals surface area contributed by atoms with Crippen LogP contribution in [0.4, 0.5) is 0 Å². The summed E-state index contributed by atoms with van der Waals surface area (Å²) >= 11 is 0. The smallest absolute Gasteiger partial charge is 0.193 e. The maximum atomic E-state index is 10.2. The van der Waals surface area contributed by atoms with E-state index in [1.807, 2.05) is 13.1 Å². The number of allylic oxidation sites excluding steroid dienone is 2. The van der Waals surface area contributed by atoms with Crippen molar-refractivity contribution >= 4 is 0 Å². The fourth-order valence-electron chi connectivity index (χ4n) is 4.60. The molecule has 1 aliphatic heterocycles. The molecule has 3 nitrogen and oxygen atoms in total. The van der Waals surface area contributed by atoms with Gasteiger partial charge in [0.1, 0.15) is 6.20 Å². The number of hydrogen-bond acceptors (Lipinski definition) is 2. The molecule has 3 unspecified atom stereocenters. The Labute approximate surface area is 182 Å². The molecule has 29 heavy (non-hydrogen) atoms. The lowest BCUT2D eigenvalue weighted by Crippen LogP contribution is -2.57. The van der Waals surface area contributed by atoms with Crippen molar-refractivity contribution < 1.29 is 9.59 Å². The number of unbranched alkanes of at least 4 members (excludes halogenated alkanes) is 13. The first kappa shape index (κ1) is 26.2. The molecule has 1 rings (SSSR count). The molecule has 0 saturated carbocycles. The van der Waals surface area contributed by atoms with Gasteiger partial charge in [0.2, 0.25) is 0 Å². The highest BCUT2D eigenvalue weighted by molar-refractivity contribution is 4.84. The van der Waals surface area contributed by atoms with Gasteiger partial charge in [-0.1, -0.05) is 83.3 Å². The zero-order chi connectivity index (χ0) is 21.2. The summed E-state index contributed by atoms with van der Waals surface area (Å²) in [5.41, 5.74) is 0. The predicted octanol–water partition coefficient (Wildman–Crippen LogP) is 7.38. The fourth-order valence-corrected chi connectivity index (χ4v) is 4.60. The van der Waals surface area contributed by atoms with Gasteiger partial charge in [0, 0.05) is 13.3 Å². The molecule has 1 heterocycles. The largest absolute Gasteiger partial charge is 0.345 e. The Bertz CT molecular complexity index is 432. The van der Waals surface area contributed by atoms with Crippen LogP contribution in [0, 0.1) is 0 Å². The van der Waals surface area contributed by atoms with Gasteiger partial charge in [-0.3, -0.25) is 4.48 Å². The lowest BCUT2D eigenvalue weighted by molar-refractivity contribution is -0.942. The summed E-state index contributed by atoms with van der Waals surface area (Å²) in [6.07, 6.45) is 30.5. The normalized spacial score (nSPS) is 22.4. The van der Waals surface area contributed by atoms with E-state index in [-0.39, 0.29) is 6.23 Å². The van der Waals surface area contributed by atoms with Crippen molar-refractivity contribution in [2.75, 3.05) is 6.54 Å². The van der Waals surface area contributed by atoms with Crippen molar-refractivity contribution in [1.29, 1.82) is 0 Å². The van der Waals surface area contributed by atoms with Crippen LogP contribution in [-0.4, -0.2) is 28.5 Å². The van der Waals surface area contributed by atoms with Crippen LogP contribution in [0.15, 0.2) is 24.6 Å². The lowest BCUT2D eigenvalue weighted by Gasteiger charge is -2.39. The number of hydrogen-bond donors (Lipinski definition) is 2. The molecule has 170 valence electrons. The van der Waals surface area contributed by atoms with Gasteiger partial charge < -0.3 is 10.4 Å². The van der Waals surface area contributed by atoms with Crippen LogP contribution in [0.25, 0.3) is 0 Å². The standard InChI is InChI=1S/C26H51N2O/c1-4-6-7-8-9-10-11-12-13-14-15-16-17-18-19-20-21-22-26-27-23-24-28(26,5-2)25(3)29/h12-13,23-27,29H,4-11,14-22H2,1-3H3/q+1/b13-12+. The van der Waals surface area contributed by atoms with Crippen molar-refractivity contribution in [3.63, 3.8) is 0 Å². The molecule has 2 N–H and O–H groups in total. The minimum atomic E-state index is -0.337. The average Bonchev–Trinajstić information content (AvgIpc) is 3.14. The zero-order valence-corrected chi connectivity index (χ0v) is 19.9. The molecule has 0 spiro atoms. The third-order valence-electron chi connectivity index (χ3n) is 6.70. The van der Waals surface area contributed by atoms with E-state index in [0.717, 1.165) is 13.0 Å². The molecule has 0 saturated heterocycles. The summed E-state index contributed by atoms with van der Waals surface area (Å²) in [5, 5.41) is 13.7. The molecule has 3 atom stereocenters. The van der Waals surface area contributed by atoms with Crippen molar-refractivity contribution in [3.8, 4) is 0 Å². The minimum absolute atomic E-state index is 0.337. The van der Waals surface area contributed by atoms with E-state index in [9.17, 15) is 5.11 Å². The first-order valence-electron chi connectivity index (χ1n) is 12.8. The van der Waals surface area contributed by atoms with E-state index in [1.165, 1.54) is 96.3 Å². The summed E-state index contributed by atoms with van der Waals surface area (Å²) in [4.78, 5) is 0. The number of rotatable bonds is 19. The average molecular weight is 408 g/mol. The van der Waals surface area contributed by atoms with E-state index in [1.54, 1.807) is 0 Å². The van der Waals surface area contributed by atoms with Gasteiger partial charge in [-0.2, -0.15) is 0 Å². The second-order valence-corrected chi connectivity index (χ2v) is 9.02. The monoisotopic (exact) mass is 407 g/mol. The van der Waals surface area contributed by atoms with Gasteiger partial charge >= 0.3 is 0 Å². The molecule has 0 aromatic rings. The molecule has 0 radical (unpaired) electrons. The Kier molecular flexibility index (Phi) is 15.3. The van der Waals surface area contributed by atoms with Crippen LogP contribution in [0.1, 0.15) is 124 Å². The van der Waals surface area contributed by atoms with Gasteiger partial charge in [-0.05, 0) is 39.0 Å². The summed E-state index contributed by atoms with van der Waals surface area (Å²) in [5.74, 6) is 0. The van der Waals surface area contributed by atoms with Crippen LogP contribution >= 0.6 is 0 Å². The third kappa shape index (κ3) is 10.7. The number of nitrogens with one attached hydrogen (secondary N) is 1. The number of aliphatic hydroxyl groups excluding tert-OH is 1. The summed E-state index contributed by atoms with van der Waals surface area (Å²) in [6.45, 7) is 7.31. The molecule has 0 bridgehead atoms. The molecule has 0 aromatic carbocycles. The van der Waals surface area contributed by atoms with Gasteiger partial charge in [0.15, 0.2) is 12.4 Å². The Balaban J connectivity index is 1.89. The quantitative estimate of drug-likeness (QED) is 0.133. The second-order valence-electron chi connectivity index (χ2n) is 9.02. The Morgan fingerprint density at radius 3 is 1.86 bits per heavy atom. The Morgan fingerprint density at radius 1 is 0.828 bits per heavy atom. The van der Waals surface area contributed by atoms with Crippen molar-refractivity contribution in [2.45, 2.75) is 136 Å². The van der Waals surface area contributed by atoms with Gasteiger partial charge in [0.05, 0.1) is 12.7 Å². The third-order valence-corrected chi connectivity index (χ3v) is 6.70. The number of aliphatic hydroxyl groups is 1. The predicted molar refractivity (Wildman–Crippen MR) is 127 cm³/mol. The van der Waals surface area contributed by atoms with E-state index < -0.39 is 0 Å². The molecule has 3 heteroatoms. The minimum Gasteiger partial charge on any atom is -0.345 e. The van der Waals surface area contributed by atoms with Crippen LogP contribution < -0.4 is 5.32 Å². The maximum absolute atomic E-state index is 10.2. The van der Waals surface area contributed by atoms with E-state index in [0.29, 0.717) is 10.6 Å². The molecule has 0 aliphatic carbocycles. The Hall–Kier alpha value is -0.800. The summed E-state index contributed by atoms with van der Waals surface area (Å²) in [7, 11) is 0. The second kappa shape index (κ2) is 16.9. The van der Waals surface area contributed by atoms with E-state index in [4.69, 9.17) is 0 Å².